The maximum atomic E-state index is 13.9. The van der Waals surface area contributed by atoms with Crippen LogP contribution in [0.3, 0.4) is 0 Å². The van der Waals surface area contributed by atoms with Gasteiger partial charge in [0.05, 0.1) is 6.10 Å². The molecule has 1 N–H and O–H groups in total. The number of likely N-dealkylation sites (tertiary alicyclic amines) is 1. The van der Waals surface area contributed by atoms with Crippen molar-refractivity contribution in [1.82, 2.24) is 10.2 Å². The zero-order valence-electron chi connectivity index (χ0n) is 29.0. The second-order valence-corrected chi connectivity index (χ2v) is 14.2. The number of halogens is 2. The number of ether oxygens (including phenoxy) is 2. The van der Waals surface area contributed by atoms with E-state index in [0.29, 0.717) is 12.8 Å². The summed E-state index contributed by atoms with van der Waals surface area (Å²) in [4.78, 5) is 42.7. The van der Waals surface area contributed by atoms with Gasteiger partial charge in [-0.2, -0.15) is 0 Å². The van der Waals surface area contributed by atoms with Crippen LogP contribution in [0.2, 0.25) is 0 Å². The van der Waals surface area contributed by atoms with Gasteiger partial charge in [-0.05, 0) is 47.1 Å². The Hall–Kier alpha value is -4.43. The molecule has 1 aliphatic carbocycles. The first-order valence-electron chi connectivity index (χ1n) is 17.9. The summed E-state index contributed by atoms with van der Waals surface area (Å²) in [6.45, 7) is 3.99. The van der Waals surface area contributed by atoms with Crippen LogP contribution in [0.25, 0.3) is 0 Å². The Labute approximate surface area is 315 Å². The minimum atomic E-state index is -1.23. The molecule has 1 saturated heterocycles. The quantitative estimate of drug-likeness (QED) is 0.0489. The summed E-state index contributed by atoms with van der Waals surface area (Å²) in [7, 11) is 0. The highest BCUT2D eigenvalue weighted by Gasteiger charge is 2.54. The van der Waals surface area contributed by atoms with Crippen molar-refractivity contribution in [2.24, 2.45) is 5.92 Å². The van der Waals surface area contributed by atoms with Gasteiger partial charge in [0, 0.05) is 11.8 Å². The number of rotatable bonds is 13. The van der Waals surface area contributed by atoms with E-state index >= 15 is 0 Å². The first kappa shape index (κ1) is 37.3. The molecule has 7 nitrogen and oxygen atoms in total. The summed E-state index contributed by atoms with van der Waals surface area (Å²) < 4.78 is 12.9. The molecule has 5 unspecified atom stereocenters. The lowest BCUT2D eigenvalue weighted by atomic mass is 9.88. The normalized spacial score (nSPS) is 21.1. The third-order valence-electron chi connectivity index (χ3n) is 9.89. The van der Waals surface area contributed by atoms with Gasteiger partial charge in [-0.3, -0.25) is 9.59 Å². The summed E-state index contributed by atoms with van der Waals surface area (Å²) >= 11 is 13.0. The highest BCUT2D eigenvalue weighted by Crippen LogP contribution is 2.36. The average molecular weight is 740 g/mol. The Kier molecular flexibility index (Phi) is 12.8. The molecule has 52 heavy (non-hydrogen) atoms. The number of benzene rings is 4. The molecule has 9 heteroatoms. The van der Waals surface area contributed by atoms with Crippen LogP contribution in [0.4, 0.5) is 0 Å². The van der Waals surface area contributed by atoms with Crippen molar-refractivity contribution in [3.05, 3.63) is 156 Å². The molecule has 0 spiro atoms. The number of esters is 1. The van der Waals surface area contributed by atoms with Crippen molar-refractivity contribution in [3.63, 3.8) is 0 Å². The van der Waals surface area contributed by atoms with Gasteiger partial charge in [-0.1, -0.05) is 159 Å². The number of carbonyl (C=O) groups is 3. The second-order valence-electron chi connectivity index (χ2n) is 13.5. The van der Waals surface area contributed by atoms with E-state index in [1.54, 1.807) is 0 Å². The third kappa shape index (κ3) is 8.77. The Bertz CT molecular complexity index is 1710. The van der Waals surface area contributed by atoms with E-state index in [4.69, 9.17) is 32.7 Å². The fourth-order valence-electron chi connectivity index (χ4n) is 7.12. The molecule has 270 valence electrons. The van der Waals surface area contributed by atoms with Gasteiger partial charge in [0.1, 0.15) is 17.6 Å². The molecule has 0 bridgehead atoms. The minimum Gasteiger partial charge on any atom is -0.451 e. The maximum absolute atomic E-state index is 13.9. The summed E-state index contributed by atoms with van der Waals surface area (Å²) in [5.41, 5.74) is 2.88. The van der Waals surface area contributed by atoms with Crippen molar-refractivity contribution in [2.45, 2.75) is 74.4 Å². The number of amides is 2. The average Bonchev–Trinajstić information content (AvgIpc) is 3.18. The van der Waals surface area contributed by atoms with Gasteiger partial charge in [0.25, 0.3) is 5.91 Å². The van der Waals surface area contributed by atoms with E-state index in [1.807, 2.05) is 97.1 Å². The monoisotopic (exact) mass is 738 g/mol. The van der Waals surface area contributed by atoms with Gasteiger partial charge < -0.3 is 19.7 Å². The number of nitrogens with one attached hydrogen (secondary N) is 1. The van der Waals surface area contributed by atoms with Gasteiger partial charge in [-0.25, -0.2) is 4.79 Å². The fraction of sp³-hybridized carbons (Fsp3) is 0.326. The molecule has 6 rings (SSSR count). The summed E-state index contributed by atoms with van der Waals surface area (Å²) in [6.07, 6.45) is 3.71. The first-order valence-corrected chi connectivity index (χ1v) is 18.9. The number of alkyl halides is 2. The fourth-order valence-corrected chi connectivity index (χ4v) is 7.64. The number of hydrogen-bond donors (Lipinski definition) is 1. The van der Waals surface area contributed by atoms with Crippen LogP contribution in [0, 0.1) is 5.92 Å². The van der Waals surface area contributed by atoms with Gasteiger partial charge in [0.2, 0.25) is 5.91 Å². The maximum Gasteiger partial charge on any atom is 0.334 e. The second kappa shape index (κ2) is 17.9. The third-order valence-corrected chi connectivity index (χ3v) is 10.7. The summed E-state index contributed by atoms with van der Waals surface area (Å²) in [5.74, 6) is -1.93. The molecule has 1 saturated carbocycles. The van der Waals surface area contributed by atoms with Crippen molar-refractivity contribution >= 4 is 41.0 Å². The molecular formula is C43H44Cl2N2O5. The molecule has 4 aromatic carbocycles. The molecule has 0 aromatic heterocycles. The zero-order chi connectivity index (χ0) is 36.5. The molecule has 2 amide bonds. The predicted octanol–water partition coefficient (Wildman–Crippen LogP) is 8.52. The molecule has 5 atom stereocenters. The van der Waals surface area contributed by atoms with Gasteiger partial charge in [-0.15, -0.1) is 11.6 Å². The molecule has 2 fully saturated rings. The van der Waals surface area contributed by atoms with Crippen LogP contribution in [0.5, 0.6) is 0 Å². The van der Waals surface area contributed by atoms with Crippen molar-refractivity contribution in [2.75, 3.05) is 5.88 Å². The smallest absolute Gasteiger partial charge is 0.334 e. The van der Waals surface area contributed by atoms with E-state index in [-0.39, 0.29) is 35.5 Å². The van der Waals surface area contributed by atoms with E-state index in [0.717, 1.165) is 47.9 Å². The number of carbonyl (C=O) groups excluding carboxylic acids is 3. The van der Waals surface area contributed by atoms with Crippen molar-refractivity contribution in [1.29, 1.82) is 0 Å². The number of hydrogen-bond acceptors (Lipinski definition) is 5. The topological polar surface area (TPSA) is 84.9 Å². The van der Waals surface area contributed by atoms with Crippen LogP contribution in [-0.4, -0.2) is 52.3 Å². The van der Waals surface area contributed by atoms with Crippen LogP contribution < -0.4 is 5.32 Å². The summed E-state index contributed by atoms with van der Waals surface area (Å²) in [5, 5.41) is 2.91. The first-order chi connectivity index (χ1) is 25.4. The van der Waals surface area contributed by atoms with E-state index in [2.05, 4.69) is 36.2 Å². The zero-order valence-corrected chi connectivity index (χ0v) is 30.5. The lowest BCUT2D eigenvalue weighted by molar-refractivity contribution is -0.165. The van der Waals surface area contributed by atoms with Gasteiger partial charge in [0.15, 0.2) is 12.1 Å². The molecular weight excluding hydrogens is 695 g/mol. The minimum absolute atomic E-state index is 0.0953. The lowest BCUT2D eigenvalue weighted by Gasteiger charge is -2.47. The van der Waals surface area contributed by atoms with Crippen LogP contribution in [-0.2, 0) is 23.9 Å². The van der Waals surface area contributed by atoms with Crippen molar-refractivity contribution < 1.29 is 23.9 Å². The Morgan fingerprint density at radius 3 is 1.71 bits per heavy atom. The SMILES string of the molecule is C=C(CCl)C(C(=O)OC(c1ccccc1)c1ccccc1)N1C(=O)C(NC(=O)C2CCCCCC(OC(c3ccccc3)c3ccccc3)C2)C1Cl. The molecule has 2 aliphatic rings. The van der Waals surface area contributed by atoms with E-state index < -0.39 is 35.6 Å². The summed E-state index contributed by atoms with van der Waals surface area (Å²) in [6, 6.07) is 36.7. The van der Waals surface area contributed by atoms with E-state index in [1.165, 1.54) is 4.90 Å². The Morgan fingerprint density at radius 2 is 1.23 bits per heavy atom. The lowest BCUT2D eigenvalue weighted by Crippen LogP contribution is -2.72. The van der Waals surface area contributed by atoms with E-state index in [9.17, 15) is 14.4 Å². The highest BCUT2D eigenvalue weighted by molar-refractivity contribution is 6.27. The van der Waals surface area contributed by atoms with Gasteiger partial charge >= 0.3 is 5.97 Å². The molecule has 1 aliphatic heterocycles. The van der Waals surface area contributed by atoms with Crippen LogP contribution in [0.15, 0.2) is 133 Å². The largest absolute Gasteiger partial charge is 0.451 e. The van der Waals surface area contributed by atoms with Crippen LogP contribution in [0.1, 0.15) is 73.0 Å². The predicted molar refractivity (Wildman–Crippen MR) is 204 cm³/mol. The molecule has 1 heterocycles. The molecule has 0 radical (unpaired) electrons. The Morgan fingerprint density at radius 1 is 0.750 bits per heavy atom. The standard InChI is InChI=1S/C43H44Cl2N2O5/c1-29(28-44)37(43(50)52-39(32-21-11-4-12-22-32)33-23-13-5-14-24-33)47-40(45)36(42(47)49)46-41(48)34-25-15-6-16-26-35(27-34)51-38(30-17-7-2-8-18-30)31-19-9-3-10-20-31/h2-5,7-14,17-24,34-40H,1,6,15-16,25-28H2,(H,46,48). The Balaban J connectivity index is 1.14. The van der Waals surface area contributed by atoms with Crippen molar-refractivity contribution in [3.8, 4) is 0 Å². The highest BCUT2D eigenvalue weighted by atomic mass is 35.5. The van der Waals surface area contributed by atoms with Crippen LogP contribution >= 0.6 is 23.2 Å². The number of β-lactam (4-membered cyclic amide) rings is 1. The number of nitrogens with zero attached hydrogens (tertiary/aromatic N) is 1. The molecule has 4 aromatic rings.